The first-order chi connectivity index (χ1) is 5.43. The molecule has 1 heterocycles. The van der Waals surface area contributed by atoms with Crippen molar-refractivity contribution in [1.29, 1.82) is 0 Å². The molecule has 0 bridgehead atoms. The molecule has 0 saturated heterocycles. The maximum absolute atomic E-state index is 5.19. The molecule has 58 valence electrons. The Morgan fingerprint density at radius 3 is 3.09 bits per heavy atom. The minimum Gasteiger partial charge on any atom is -0.371 e. The molecular weight excluding hydrogens is 138 g/mol. The lowest BCUT2D eigenvalue weighted by molar-refractivity contribution is 0.146. The quantitative estimate of drug-likeness (QED) is 0.481. The van der Waals surface area contributed by atoms with Crippen LogP contribution in [0.15, 0.2) is 37.1 Å². The molecule has 1 aromatic rings. The molecule has 0 amide bonds. The number of rotatable bonds is 4. The highest BCUT2D eigenvalue weighted by molar-refractivity contribution is 5.01. The summed E-state index contributed by atoms with van der Waals surface area (Å²) in [6.07, 6.45) is 3.48. The van der Waals surface area contributed by atoms with Gasteiger partial charge in [0.2, 0.25) is 0 Å². The van der Waals surface area contributed by atoms with Gasteiger partial charge < -0.3 is 4.74 Å². The van der Waals surface area contributed by atoms with Crippen molar-refractivity contribution in [3.8, 4) is 0 Å². The highest BCUT2D eigenvalue weighted by Gasteiger charge is 1.89. The topological polar surface area (TPSA) is 22.1 Å². The standard InChI is InChI=1S/C9H11NO/c1-2-7-11-8-9-5-3-4-6-10-9/h2-6H,1,7-8H2. The van der Waals surface area contributed by atoms with Crippen LogP contribution >= 0.6 is 0 Å². The fourth-order valence-corrected chi connectivity index (χ4v) is 0.730. The van der Waals surface area contributed by atoms with Gasteiger partial charge in [-0.1, -0.05) is 12.1 Å². The SMILES string of the molecule is C=CCOCc1ccccn1. The van der Waals surface area contributed by atoms with Gasteiger partial charge >= 0.3 is 0 Å². The second-order valence-corrected chi connectivity index (χ2v) is 2.12. The van der Waals surface area contributed by atoms with Crippen molar-refractivity contribution in [2.24, 2.45) is 0 Å². The van der Waals surface area contributed by atoms with Gasteiger partial charge in [-0.05, 0) is 12.1 Å². The van der Waals surface area contributed by atoms with E-state index in [2.05, 4.69) is 11.6 Å². The minimum absolute atomic E-state index is 0.562. The number of pyridine rings is 1. The zero-order valence-electron chi connectivity index (χ0n) is 6.36. The average molecular weight is 149 g/mol. The van der Waals surface area contributed by atoms with Crippen molar-refractivity contribution >= 4 is 0 Å². The molecule has 2 heteroatoms. The second kappa shape index (κ2) is 4.63. The normalized spacial score (nSPS) is 9.45. The van der Waals surface area contributed by atoms with Crippen molar-refractivity contribution in [2.75, 3.05) is 6.61 Å². The summed E-state index contributed by atoms with van der Waals surface area (Å²) in [4.78, 5) is 4.09. The summed E-state index contributed by atoms with van der Waals surface area (Å²) < 4.78 is 5.19. The lowest BCUT2D eigenvalue weighted by Gasteiger charge is -1.98. The van der Waals surface area contributed by atoms with Gasteiger partial charge in [0.05, 0.1) is 18.9 Å². The Morgan fingerprint density at radius 1 is 1.55 bits per heavy atom. The van der Waals surface area contributed by atoms with Crippen LogP contribution in [0.5, 0.6) is 0 Å². The van der Waals surface area contributed by atoms with E-state index in [1.54, 1.807) is 12.3 Å². The van der Waals surface area contributed by atoms with E-state index in [0.29, 0.717) is 13.2 Å². The molecule has 1 rings (SSSR count). The predicted molar refractivity (Wildman–Crippen MR) is 44.1 cm³/mol. The molecule has 0 unspecified atom stereocenters. The first-order valence-corrected chi connectivity index (χ1v) is 3.52. The summed E-state index contributed by atoms with van der Waals surface area (Å²) in [5.41, 5.74) is 0.953. The Kier molecular flexibility index (Phi) is 3.35. The molecule has 0 atom stereocenters. The number of aromatic nitrogens is 1. The van der Waals surface area contributed by atoms with Crippen molar-refractivity contribution in [3.63, 3.8) is 0 Å². The molecule has 0 radical (unpaired) electrons. The van der Waals surface area contributed by atoms with Gasteiger partial charge in [-0.2, -0.15) is 0 Å². The summed E-state index contributed by atoms with van der Waals surface area (Å²) in [7, 11) is 0. The average Bonchev–Trinajstić information content (AvgIpc) is 2.07. The van der Waals surface area contributed by atoms with Crippen molar-refractivity contribution in [1.82, 2.24) is 4.98 Å². The van der Waals surface area contributed by atoms with Crippen LogP contribution in [0.2, 0.25) is 0 Å². The van der Waals surface area contributed by atoms with Crippen LogP contribution in [0.4, 0.5) is 0 Å². The highest BCUT2D eigenvalue weighted by Crippen LogP contribution is 1.94. The molecular formula is C9H11NO. The lowest BCUT2D eigenvalue weighted by Crippen LogP contribution is -1.94. The van der Waals surface area contributed by atoms with E-state index in [9.17, 15) is 0 Å². The highest BCUT2D eigenvalue weighted by atomic mass is 16.5. The third-order valence-electron chi connectivity index (χ3n) is 1.21. The van der Waals surface area contributed by atoms with Crippen molar-refractivity contribution < 1.29 is 4.74 Å². The second-order valence-electron chi connectivity index (χ2n) is 2.12. The first-order valence-electron chi connectivity index (χ1n) is 3.52. The smallest absolute Gasteiger partial charge is 0.0892 e. The van der Waals surface area contributed by atoms with Gasteiger partial charge in [0.1, 0.15) is 0 Å². The van der Waals surface area contributed by atoms with Crippen LogP contribution < -0.4 is 0 Å². The van der Waals surface area contributed by atoms with E-state index in [1.165, 1.54) is 0 Å². The van der Waals surface area contributed by atoms with Gasteiger partial charge in [0.25, 0.3) is 0 Å². The Hall–Kier alpha value is -1.15. The molecule has 1 aromatic heterocycles. The van der Waals surface area contributed by atoms with E-state index in [1.807, 2.05) is 18.2 Å². The summed E-state index contributed by atoms with van der Waals surface area (Å²) >= 11 is 0. The Bertz CT molecular complexity index is 208. The summed E-state index contributed by atoms with van der Waals surface area (Å²) in [6, 6.07) is 5.76. The zero-order chi connectivity index (χ0) is 7.94. The Balaban J connectivity index is 2.33. The van der Waals surface area contributed by atoms with E-state index < -0.39 is 0 Å². The molecule has 0 spiro atoms. The van der Waals surface area contributed by atoms with Gasteiger partial charge in [-0.15, -0.1) is 6.58 Å². The van der Waals surface area contributed by atoms with E-state index in [0.717, 1.165) is 5.69 Å². The van der Waals surface area contributed by atoms with Crippen LogP contribution in [0.3, 0.4) is 0 Å². The molecule has 0 fully saturated rings. The van der Waals surface area contributed by atoms with Crippen LogP contribution in [-0.2, 0) is 11.3 Å². The molecule has 0 aliphatic rings. The van der Waals surface area contributed by atoms with Crippen molar-refractivity contribution in [2.45, 2.75) is 6.61 Å². The number of hydrogen-bond acceptors (Lipinski definition) is 2. The van der Waals surface area contributed by atoms with Crippen LogP contribution in [0.25, 0.3) is 0 Å². The Labute approximate surface area is 66.5 Å². The molecule has 0 aromatic carbocycles. The third kappa shape index (κ3) is 2.96. The summed E-state index contributed by atoms with van der Waals surface area (Å²) in [5, 5.41) is 0. The van der Waals surface area contributed by atoms with Gasteiger partial charge in [0.15, 0.2) is 0 Å². The zero-order valence-corrected chi connectivity index (χ0v) is 6.36. The molecule has 0 aliphatic carbocycles. The van der Waals surface area contributed by atoms with Gasteiger partial charge in [0, 0.05) is 6.20 Å². The van der Waals surface area contributed by atoms with E-state index in [-0.39, 0.29) is 0 Å². The van der Waals surface area contributed by atoms with Crippen LogP contribution in [-0.4, -0.2) is 11.6 Å². The van der Waals surface area contributed by atoms with Crippen LogP contribution in [0, 0.1) is 0 Å². The molecule has 0 N–H and O–H groups in total. The number of nitrogens with zero attached hydrogens (tertiary/aromatic N) is 1. The largest absolute Gasteiger partial charge is 0.371 e. The minimum atomic E-state index is 0.562. The van der Waals surface area contributed by atoms with E-state index >= 15 is 0 Å². The molecule has 0 saturated carbocycles. The monoisotopic (exact) mass is 149 g/mol. The number of hydrogen-bond donors (Lipinski definition) is 0. The maximum Gasteiger partial charge on any atom is 0.0892 e. The molecule has 2 nitrogen and oxygen atoms in total. The number of ether oxygens (including phenoxy) is 1. The first kappa shape index (κ1) is 7.95. The summed E-state index contributed by atoms with van der Waals surface area (Å²) in [6.45, 7) is 4.69. The van der Waals surface area contributed by atoms with Gasteiger partial charge in [-0.3, -0.25) is 4.98 Å². The fraction of sp³-hybridized carbons (Fsp3) is 0.222. The van der Waals surface area contributed by atoms with E-state index in [4.69, 9.17) is 4.74 Å². The fourth-order valence-electron chi connectivity index (χ4n) is 0.730. The van der Waals surface area contributed by atoms with Crippen LogP contribution in [0.1, 0.15) is 5.69 Å². The predicted octanol–water partition coefficient (Wildman–Crippen LogP) is 1.78. The van der Waals surface area contributed by atoms with Gasteiger partial charge in [-0.25, -0.2) is 0 Å². The van der Waals surface area contributed by atoms with Crippen molar-refractivity contribution in [3.05, 3.63) is 42.7 Å². The molecule has 11 heavy (non-hydrogen) atoms. The molecule has 0 aliphatic heterocycles. The Morgan fingerprint density at radius 2 is 2.45 bits per heavy atom. The lowest BCUT2D eigenvalue weighted by atomic mass is 10.4. The summed E-state index contributed by atoms with van der Waals surface area (Å²) in [5.74, 6) is 0. The third-order valence-corrected chi connectivity index (χ3v) is 1.21. The maximum atomic E-state index is 5.19.